The maximum atomic E-state index is 14.2. The summed E-state index contributed by atoms with van der Waals surface area (Å²) in [6, 6.07) is 4.63. The van der Waals surface area contributed by atoms with E-state index in [2.05, 4.69) is 38.4 Å². The molecule has 10 heteroatoms. The van der Waals surface area contributed by atoms with Crippen molar-refractivity contribution in [3.8, 4) is 0 Å². The van der Waals surface area contributed by atoms with Crippen molar-refractivity contribution in [2.75, 3.05) is 25.2 Å². The molecule has 0 aliphatic carbocycles. The first-order valence-corrected chi connectivity index (χ1v) is 8.83. The maximum absolute atomic E-state index is 14.2. The zero-order valence-electron chi connectivity index (χ0n) is 14.2. The number of nitrogens with zero attached hydrogens (tertiary/aromatic N) is 2. The molecular formula is C17H18BrFN5O3+. The van der Waals surface area contributed by atoms with Crippen molar-refractivity contribution in [3.63, 3.8) is 0 Å². The molecule has 8 nitrogen and oxygen atoms in total. The highest BCUT2D eigenvalue weighted by atomic mass is 79.9. The van der Waals surface area contributed by atoms with Gasteiger partial charge in [0.25, 0.3) is 5.91 Å². The van der Waals surface area contributed by atoms with Crippen LogP contribution in [0.2, 0.25) is 0 Å². The third kappa shape index (κ3) is 4.73. The number of anilines is 1. The number of hydrogen-bond acceptors (Lipinski definition) is 6. The van der Waals surface area contributed by atoms with Crippen molar-refractivity contribution in [1.29, 1.82) is 0 Å². The van der Waals surface area contributed by atoms with E-state index in [4.69, 9.17) is 9.57 Å². The number of hydrazine groups is 1. The highest BCUT2D eigenvalue weighted by Crippen LogP contribution is 2.22. The van der Waals surface area contributed by atoms with Crippen LogP contribution in [0.25, 0.3) is 0 Å². The maximum Gasteiger partial charge on any atom is 0.298 e. The van der Waals surface area contributed by atoms with Gasteiger partial charge in [-0.05, 0) is 18.2 Å². The topological polar surface area (TPSA) is 79.6 Å². The van der Waals surface area contributed by atoms with E-state index in [1.807, 2.05) is 0 Å². The van der Waals surface area contributed by atoms with E-state index in [0.29, 0.717) is 11.0 Å². The fourth-order valence-electron chi connectivity index (χ4n) is 2.46. The Morgan fingerprint density at radius 3 is 3.11 bits per heavy atom. The van der Waals surface area contributed by atoms with Crippen LogP contribution >= 0.6 is 15.9 Å². The van der Waals surface area contributed by atoms with E-state index >= 15 is 0 Å². The number of hydroxylamine groups is 1. The number of amides is 1. The second-order valence-corrected chi connectivity index (χ2v) is 6.47. The minimum absolute atomic E-state index is 0.156. The second-order valence-electron chi connectivity index (χ2n) is 5.56. The number of rotatable bonds is 8. The summed E-state index contributed by atoms with van der Waals surface area (Å²) in [4.78, 5) is 22.5. The van der Waals surface area contributed by atoms with Crippen LogP contribution in [-0.4, -0.2) is 37.0 Å². The van der Waals surface area contributed by atoms with Crippen molar-refractivity contribution >= 4 is 33.9 Å². The van der Waals surface area contributed by atoms with E-state index < -0.39 is 11.7 Å². The average Bonchev–Trinajstić information content (AvgIpc) is 3.10. The van der Waals surface area contributed by atoms with Crippen molar-refractivity contribution < 1.29 is 23.7 Å². The number of benzene rings is 1. The van der Waals surface area contributed by atoms with Crippen molar-refractivity contribution in [1.82, 2.24) is 10.5 Å². The van der Waals surface area contributed by atoms with Crippen LogP contribution in [0.1, 0.15) is 0 Å². The summed E-state index contributed by atoms with van der Waals surface area (Å²) in [5.74, 6) is -0.932. The molecule has 0 fully saturated rings. The van der Waals surface area contributed by atoms with Gasteiger partial charge in [0, 0.05) is 4.47 Å². The summed E-state index contributed by atoms with van der Waals surface area (Å²) < 4.78 is 19.7. The summed E-state index contributed by atoms with van der Waals surface area (Å²) in [6.07, 6.45) is 6.32. The quantitative estimate of drug-likeness (QED) is 0.321. The molecular weight excluding hydrogens is 421 g/mol. The highest BCUT2D eigenvalue weighted by molar-refractivity contribution is 9.10. The van der Waals surface area contributed by atoms with Gasteiger partial charge in [0.15, 0.2) is 17.7 Å². The Morgan fingerprint density at radius 2 is 2.33 bits per heavy atom. The number of aliphatic imine (C=N–C) groups is 1. The zero-order valence-corrected chi connectivity index (χ0v) is 15.8. The molecule has 0 saturated carbocycles. The van der Waals surface area contributed by atoms with Gasteiger partial charge in [-0.25, -0.2) is 19.8 Å². The van der Waals surface area contributed by atoms with E-state index in [0.717, 1.165) is 10.6 Å². The first-order chi connectivity index (χ1) is 13.1. The molecule has 0 radical (unpaired) electrons. The molecule has 0 aromatic heterocycles. The van der Waals surface area contributed by atoms with Gasteiger partial charge in [-0.2, -0.15) is 0 Å². The molecule has 0 bridgehead atoms. The van der Waals surface area contributed by atoms with Gasteiger partial charge in [0.05, 0.1) is 18.1 Å². The van der Waals surface area contributed by atoms with Gasteiger partial charge in [-0.1, -0.05) is 22.5 Å². The summed E-state index contributed by atoms with van der Waals surface area (Å²) in [6.45, 7) is 4.17. The number of nitrogens with one attached hydrogen (secondary N) is 3. The van der Waals surface area contributed by atoms with Gasteiger partial charge >= 0.3 is 0 Å². The second kappa shape index (κ2) is 8.80. The molecule has 0 spiro atoms. The van der Waals surface area contributed by atoms with Crippen molar-refractivity contribution in [3.05, 3.63) is 65.1 Å². The Morgan fingerprint density at radius 1 is 1.48 bits per heavy atom. The standard InChI is InChI=1S/C17H17BrFN5O3/c1-2-26-5-6-27-22-17(25)16-10-23-11-20-8-13(23)9-24(16)21-15-4-3-12(18)7-14(15)19/h2-4,7-8,10-11,21H,1,5-6,9H2,(H,22,25)/p+1. The Kier molecular flexibility index (Phi) is 6.22. The number of hydrogen-bond donors (Lipinski definition) is 3. The summed E-state index contributed by atoms with van der Waals surface area (Å²) in [7, 11) is 0. The average molecular weight is 439 g/mol. The molecule has 1 amide bonds. The Bertz CT molecular complexity index is 827. The molecule has 3 N–H and O–H groups in total. The first-order valence-electron chi connectivity index (χ1n) is 8.03. The largest absolute Gasteiger partial charge is 0.499 e. The lowest BCUT2D eigenvalue weighted by molar-refractivity contribution is -0.694. The molecule has 142 valence electrons. The van der Waals surface area contributed by atoms with Gasteiger partial charge in [0.1, 0.15) is 31.8 Å². The SMILES string of the molecule is C=COCCONC(=O)C1=C[NH+]2C=NC=C2CN1Nc1ccc(Br)cc1F. The number of ether oxygens (including phenoxy) is 1. The molecule has 27 heavy (non-hydrogen) atoms. The highest BCUT2D eigenvalue weighted by Gasteiger charge is 2.32. The van der Waals surface area contributed by atoms with Gasteiger partial charge in [-0.3, -0.25) is 20.1 Å². The number of quaternary nitrogens is 1. The minimum atomic E-state index is -0.481. The molecule has 2 aliphatic rings. The Hall–Kier alpha value is -2.69. The van der Waals surface area contributed by atoms with Gasteiger partial charge in [-0.15, -0.1) is 0 Å². The molecule has 0 saturated heterocycles. The molecule has 2 heterocycles. The van der Waals surface area contributed by atoms with Crippen LogP contribution in [0.5, 0.6) is 0 Å². The molecule has 1 aromatic rings. The molecule has 2 aliphatic heterocycles. The normalized spacial score (nSPS) is 17.7. The fourth-order valence-corrected chi connectivity index (χ4v) is 2.80. The molecule has 1 unspecified atom stereocenters. The van der Waals surface area contributed by atoms with Gasteiger partial charge < -0.3 is 4.74 Å². The predicted octanol–water partition coefficient (Wildman–Crippen LogP) is 1.05. The Balaban J connectivity index is 1.73. The van der Waals surface area contributed by atoms with Crippen LogP contribution in [0.4, 0.5) is 10.1 Å². The minimum Gasteiger partial charge on any atom is -0.499 e. The van der Waals surface area contributed by atoms with E-state index in [9.17, 15) is 9.18 Å². The molecule has 1 atom stereocenters. The lowest BCUT2D eigenvalue weighted by Crippen LogP contribution is -3.05. The van der Waals surface area contributed by atoms with Crippen LogP contribution in [-0.2, 0) is 14.4 Å². The third-order valence-corrected chi connectivity index (χ3v) is 4.22. The molecule has 1 aromatic carbocycles. The Labute approximate surface area is 163 Å². The fraction of sp³-hybridized carbons (Fsp3) is 0.176. The summed E-state index contributed by atoms with van der Waals surface area (Å²) >= 11 is 3.22. The van der Waals surface area contributed by atoms with E-state index in [1.54, 1.807) is 30.9 Å². The zero-order chi connectivity index (χ0) is 19.2. The number of halogens is 2. The number of carbonyl (C=O) groups is 1. The van der Waals surface area contributed by atoms with Crippen LogP contribution in [0.15, 0.2) is 64.3 Å². The molecule has 3 rings (SSSR count). The van der Waals surface area contributed by atoms with Crippen LogP contribution in [0, 0.1) is 5.82 Å². The van der Waals surface area contributed by atoms with Gasteiger partial charge in [0.2, 0.25) is 0 Å². The summed E-state index contributed by atoms with van der Waals surface area (Å²) in [5, 5.41) is 1.54. The smallest absolute Gasteiger partial charge is 0.298 e. The van der Waals surface area contributed by atoms with Crippen molar-refractivity contribution in [2.45, 2.75) is 0 Å². The predicted molar refractivity (Wildman–Crippen MR) is 100 cm³/mol. The number of fused-ring (bicyclic) bond motifs is 1. The number of carbonyl (C=O) groups excluding carboxylic acids is 1. The van der Waals surface area contributed by atoms with Crippen LogP contribution in [0.3, 0.4) is 0 Å². The lowest BCUT2D eigenvalue weighted by atomic mass is 10.2. The lowest BCUT2D eigenvalue weighted by Gasteiger charge is -2.31. The third-order valence-electron chi connectivity index (χ3n) is 3.73. The van der Waals surface area contributed by atoms with Crippen LogP contribution < -0.4 is 15.8 Å². The summed E-state index contributed by atoms with van der Waals surface area (Å²) in [5.41, 5.74) is 6.70. The monoisotopic (exact) mass is 438 g/mol. The first kappa shape index (κ1) is 19.1. The van der Waals surface area contributed by atoms with Crippen molar-refractivity contribution in [2.24, 2.45) is 4.99 Å². The van der Waals surface area contributed by atoms with E-state index in [-0.39, 0.29) is 24.6 Å². The van der Waals surface area contributed by atoms with E-state index in [1.165, 1.54) is 17.3 Å².